The van der Waals surface area contributed by atoms with Crippen LogP contribution in [-0.2, 0) is 4.79 Å². The first-order chi connectivity index (χ1) is 12.5. The van der Waals surface area contributed by atoms with E-state index in [-0.39, 0.29) is 17.9 Å². The van der Waals surface area contributed by atoms with Crippen LogP contribution in [0, 0.1) is 0 Å². The summed E-state index contributed by atoms with van der Waals surface area (Å²) in [4.78, 5) is 23.6. The lowest BCUT2D eigenvalue weighted by molar-refractivity contribution is -0.118. The van der Waals surface area contributed by atoms with E-state index in [1.54, 1.807) is 30.5 Å². The van der Waals surface area contributed by atoms with E-state index < -0.39 is 11.8 Å². The summed E-state index contributed by atoms with van der Waals surface area (Å²) in [5.41, 5.74) is 7.14. The molecular weight excluding hydrogens is 358 g/mol. The molecule has 4 N–H and O–H groups in total. The Bertz CT molecular complexity index is 943. The number of anilines is 1. The van der Waals surface area contributed by atoms with E-state index >= 15 is 0 Å². The zero-order valence-corrected chi connectivity index (χ0v) is 14.2. The maximum atomic E-state index is 12.1. The fourth-order valence-electron chi connectivity index (χ4n) is 2.25. The number of H-pyrrole nitrogens is 1. The van der Waals surface area contributed by atoms with E-state index in [4.69, 9.17) is 22.1 Å². The van der Waals surface area contributed by atoms with Gasteiger partial charge in [-0.3, -0.25) is 9.59 Å². The first kappa shape index (κ1) is 17.4. The number of aromatic nitrogens is 3. The van der Waals surface area contributed by atoms with Crippen molar-refractivity contribution in [2.24, 2.45) is 5.73 Å². The fraction of sp³-hybridized carbons (Fsp3) is 0.0588. The summed E-state index contributed by atoms with van der Waals surface area (Å²) < 4.78 is 5.49. The number of hydrogen-bond donors (Lipinski definition) is 3. The van der Waals surface area contributed by atoms with Crippen LogP contribution in [0.25, 0.3) is 11.3 Å². The summed E-state index contributed by atoms with van der Waals surface area (Å²) in [6.07, 6.45) is 1.58. The number of carbonyl (C=O) groups is 2. The Hall–Kier alpha value is -3.39. The van der Waals surface area contributed by atoms with E-state index in [9.17, 15) is 9.59 Å². The van der Waals surface area contributed by atoms with Crippen LogP contribution in [0.1, 0.15) is 10.4 Å². The van der Waals surface area contributed by atoms with Crippen LogP contribution < -0.4 is 15.8 Å². The second-order valence-corrected chi connectivity index (χ2v) is 5.71. The van der Waals surface area contributed by atoms with Crippen LogP contribution in [0.2, 0.25) is 5.02 Å². The molecule has 2 amide bonds. The van der Waals surface area contributed by atoms with E-state index in [2.05, 4.69) is 20.7 Å². The van der Waals surface area contributed by atoms with Crippen molar-refractivity contribution in [3.8, 4) is 17.0 Å². The first-order valence-electron chi connectivity index (χ1n) is 7.51. The zero-order valence-electron chi connectivity index (χ0n) is 13.4. The van der Waals surface area contributed by atoms with Crippen LogP contribution in [0.3, 0.4) is 0 Å². The molecule has 1 heterocycles. The number of rotatable bonds is 6. The van der Waals surface area contributed by atoms with Crippen LogP contribution in [-0.4, -0.2) is 33.8 Å². The topological polar surface area (TPSA) is 123 Å². The number of ether oxygens (including phenoxy) is 1. The Morgan fingerprint density at radius 2 is 2.08 bits per heavy atom. The Balaban J connectivity index is 1.65. The van der Waals surface area contributed by atoms with Crippen molar-refractivity contribution in [2.75, 3.05) is 11.9 Å². The molecule has 1 aromatic heterocycles. The molecule has 0 unspecified atom stereocenters. The number of nitrogens with zero attached hydrogens (tertiary/aromatic N) is 2. The van der Waals surface area contributed by atoms with E-state index in [0.717, 1.165) is 5.56 Å². The number of benzene rings is 2. The van der Waals surface area contributed by atoms with Crippen LogP contribution in [0.15, 0.2) is 48.7 Å². The lowest BCUT2D eigenvalue weighted by atomic mass is 10.1. The second-order valence-electron chi connectivity index (χ2n) is 5.27. The van der Waals surface area contributed by atoms with Gasteiger partial charge in [0.2, 0.25) is 0 Å². The van der Waals surface area contributed by atoms with Crippen LogP contribution in [0.4, 0.5) is 5.69 Å². The highest BCUT2D eigenvalue weighted by Crippen LogP contribution is 2.22. The molecule has 0 aliphatic carbocycles. The summed E-state index contributed by atoms with van der Waals surface area (Å²) >= 11 is 5.84. The smallest absolute Gasteiger partial charge is 0.262 e. The van der Waals surface area contributed by atoms with Gasteiger partial charge in [-0.2, -0.15) is 15.4 Å². The minimum Gasteiger partial charge on any atom is -0.484 e. The van der Waals surface area contributed by atoms with E-state index in [0.29, 0.717) is 16.5 Å². The quantitative estimate of drug-likeness (QED) is 0.613. The lowest BCUT2D eigenvalue weighted by Crippen LogP contribution is -2.23. The first-order valence-corrected chi connectivity index (χ1v) is 7.89. The van der Waals surface area contributed by atoms with Crippen molar-refractivity contribution in [3.05, 3.63) is 59.2 Å². The third-order valence-electron chi connectivity index (χ3n) is 3.44. The molecule has 0 atom stereocenters. The lowest BCUT2D eigenvalue weighted by Gasteiger charge is -2.11. The molecule has 26 heavy (non-hydrogen) atoms. The summed E-state index contributed by atoms with van der Waals surface area (Å²) in [6.45, 7) is -0.247. The molecule has 0 fully saturated rings. The third kappa shape index (κ3) is 4.17. The van der Waals surface area contributed by atoms with Gasteiger partial charge in [-0.15, -0.1) is 0 Å². The monoisotopic (exact) mass is 371 g/mol. The van der Waals surface area contributed by atoms with Crippen LogP contribution >= 0.6 is 11.6 Å². The number of halogens is 1. The number of aromatic amines is 1. The number of hydrogen-bond acceptors (Lipinski definition) is 5. The molecule has 0 aliphatic rings. The molecule has 2 aromatic carbocycles. The standard InChI is InChI=1S/C17H14ClN5O3/c18-11-4-5-14(13(7-11)17(19)25)21-16(24)9-26-12-3-1-2-10(6-12)15-8-20-23-22-15/h1-8H,9H2,(H2,19,25)(H,21,24)(H,20,22,23). The molecule has 8 nitrogen and oxygen atoms in total. The maximum Gasteiger partial charge on any atom is 0.262 e. The SMILES string of the molecule is NC(=O)c1cc(Cl)ccc1NC(=O)COc1cccc(-c2cn[nH]n2)c1. The van der Waals surface area contributed by atoms with Gasteiger partial charge < -0.3 is 15.8 Å². The van der Waals surface area contributed by atoms with Gasteiger partial charge in [0.15, 0.2) is 6.61 Å². The average Bonchev–Trinajstić information content (AvgIpc) is 3.16. The molecule has 0 radical (unpaired) electrons. The van der Waals surface area contributed by atoms with Crippen molar-refractivity contribution in [3.63, 3.8) is 0 Å². The second kappa shape index (κ2) is 7.66. The van der Waals surface area contributed by atoms with Gasteiger partial charge in [-0.1, -0.05) is 23.7 Å². The number of amides is 2. The van der Waals surface area contributed by atoms with Crippen molar-refractivity contribution in [1.29, 1.82) is 0 Å². The molecule has 0 saturated heterocycles. The van der Waals surface area contributed by atoms with Gasteiger partial charge in [0.25, 0.3) is 11.8 Å². The number of carbonyl (C=O) groups excluding carboxylic acids is 2. The summed E-state index contributed by atoms with van der Waals surface area (Å²) in [5, 5.41) is 13.2. The molecule has 0 spiro atoms. The third-order valence-corrected chi connectivity index (χ3v) is 3.67. The van der Waals surface area contributed by atoms with Gasteiger partial charge >= 0.3 is 0 Å². The predicted octanol–water partition coefficient (Wildman–Crippen LogP) is 2.24. The van der Waals surface area contributed by atoms with Gasteiger partial charge in [-0.05, 0) is 30.3 Å². The van der Waals surface area contributed by atoms with E-state index in [1.807, 2.05) is 6.07 Å². The average molecular weight is 372 g/mol. The molecule has 132 valence electrons. The summed E-state index contributed by atoms with van der Waals surface area (Å²) in [7, 11) is 0. The largest absolute Gasteiger partial charge is 0.484 e. The Labute approximate surface area is 153 Å². The van der Waals surface area contributed by atoms with Gasteiger partial charge in [0.05, 0.1) is 17.4 Å². The predicted molar refractivity (Wildman–Crippen MR) is 95.9 cm³/mol. The molecule has 0 bridgehead atoms. The maximum absolute atomic E-state index is 12.1. The molecule has 0 saturated carbocycles. The fourth-order valence-corrected chi connectivity index (χ4v) is 2.42. The minimum absolute atomic E-state index is 0.124. The summed E-state index contributed by atoms with van der Waals surface area (Å²) in [5.74, 6) is -0.641. The number of primary amides is 1. The Morgan fingerprint density at radius 3 is 2.81 bits per heavy atom. The van der Waals surface area contributed by atoms with Crippen LogP contribution in [0.5, 0.6) is 5.75 Å². The molecule has 3 rings (SSSR count). The van der Waals surface area contributed by atoms with E-state index in [1.165, 1.54) is 12.1 Å². The highest BCUT2D eigenvalue weighted by atomic mass is 35.5. The highest BCUT2D eigenvalue weighted by Gasteiger charge is 2.12. The molecule has 9 heteroatoms. The zero-order chi connectivity index (χ0) is 18.5. The van der Waals surface area contributed by atoms with Gasteiger partial charge in [-0.25, -0.2) is 0 Å². The highest BCUT2D eigenvalue weighted by molar-refractivity contribution is 6.31. The normalized spacial score (nSPS) is 10.3. The molecular formula is C17H14ClN5O3. The van der Waals surface area contributed by atoms with Crippen molar-refractivity contribution in [2.45, 2.75) is 0 Å². The Morgan fingerprint density at radius 1 is 1.23 bits per heavy atom. The van der Waals surface area contributed by atoms with Crippen molar-refractivity contribution >= 4 is 29.1 Å². The van der Waals surface area contributed by atoms with Gasteiger partial charge in [0.1, 0.15) is 11.4 Å². The summed E-state index contributed by atoms with van der Waals surface area (Å²) in [6, 6.07) is 11.5. The van der Waals surface area contributed by atoms with Gasteiger partial charge in [0, 0.05) is 10.6 Å². The Kier molecular flexibility index (Phi) is 5.14. The molecule has 3 aromatic rings. The minimum atomic E-state index is -0.691. The number of nitrogens with one attached hydrogen (secondary N) is 2. The number of nitrogens with two attached hydrogens (primary N) is 1. The van der Waals surface area contributed by atoms with Crippen molar-refractivity contribution in [1.82, 2.24) is 15.4 Å². The molecule has 0 aliphatic heterocycles. The van der Waals surface area contributed by atoms with Crippen molar-refractivity contribution < 1.29 is 14.3 Å².